The van der Waals surface area contributed by atoms with Gasteiger partial charge in [0, 0.05) is 6.54 Å². The Hall–Kier alpha value is -0.470. The van der Waals surface area contributed by atoms with Crippen molar-refractivity contribution in [1.82, 2.24) is 0 Å². The summed E-state index contributed by atoms with van der Waals surface area (Å²) in [4.78, 5) is 0. The van der Waals surface area contributed by atoms with Crippen molar-refractivity contribution >= 4 is 12.6 Å². The van der Waals surface area contributed by atoms with Crippen LogP contribution in [0.25, 0.3) is 0 Å². The van der Waals surface area contributed by atoms with E-state index in [2.05, 4.69) is 36.9 Å². The standard InChI is InChI=1S/C9H13NS/c10-7-9-3-1-8(2-4-9)5-6-11/h1-4,11H,5-7,10H2. The molecule has 0 unspecified atom stereocenters. The van der Waals surface area contributed by atoms with Gasteiger partial charge in [0.15, 0.2) is 0 Å². The zero-order chi connectivity index (χ0) is 8.10. The number of aryl methyl sites for hydroxylation is 1. The van der Waals surface area contributed by atoms with Gasteiger partial charge in [-0.1, -0.05) is 24.3 Å². The van der Waals surface area contributed by atoms with E-state index >= 15 is 0 Å². The molecule has 1 nitrogen and oxygen atoms in total. The fraction of sp³-hybridized carbons (Fsp3) is 0.333. The van der Waals surface area contributed by atoms with Gasteiger partial charge in [-0.25, -0.2) is 0 Å². The Morgan fingerprint density at radius 2 is 1.64 bits per heavy atom. The quantitative estimate of drug-likeness (QED) is 0.657. The summed E-state index contributed by atoms with van der Waals surface area (Å²) in [6.07, 6.45) is 1.04. The number of nitrogens with two attached hydrogens (primary N) is 1. The van der Waals surface area contributed by atoms with Crippen LogP contribution in [0.15, 0.2) is 24.3 Å². The summed E-state index contributed by atoms with van der Waals surface area (Å²) < 4.78 is 0. The average Bonchev–Trinajstić information content (AvgIpc) is 2.07. The van der Waals surface area contributed by atoms with Crippen LogP contribution in [0.3, 0.4) is 0 Å². The monoisotopic (exact) mass is 167 g/mol. The van der Waals surface area contributed by atoms with Gasteiger partial charge in [-0.15, -0.1) is 0 Å². The molecule has 0 saturated carbocycles. The summed E-state index contributed by atoms with van der Waals surface area (Å²) in [5.41, 5.74) is 7.98. The Morgan fingerprint density at radius 1 is 1.09 bits per heavy atom. The van der Waals surface area contributed by atoms with Crippen LogP contribution in [0, 0.1) is 0 Å². The molecule has 60 valence electrons. The molecular weight excluding hydrogens is 154 g/mol. The lowest BCUT2D eigenvalue weighted by Gasteiger charge is -1.99. The zero-order valence-corrected chi connectivity index (χ0v) is 7.35. The Morgan fingerprint density at radius 3 is 2.09 bits per heavy atom. The van der Waals surface area contributed by atoms with Crippen molar-refractivity contribution in [2.45, 2.75) is 13.0 Å². The van der Waals surface area contributed by atoms with Crippen molar-refractivity contribution in [3.8, 4) is 0 Å². The fourth-order valence-electron chi connectivity index (χ4n) is 0.971. The molecule has 11 heavy (non-hydrogen) atoms. The average molecular weight is 167 g/mol. The van der Waals surface area contributed by atoms with Gasteiger partial charge < -0.3 is 5.73 Å². The molecule has 2 N–H and O–H groups in total. The van der Waals surface area contributed by atoms with Gasteiger partial charge in [-0.3, -0.25) is 0 Å². The van der Waals surface area contributed by atoms with E-state index in [0.29, 0.717) is 6.54 Å². The number of rotatable bonds is 3. The van der Waals surface area contributed by atoms with Crippen molar-refractivity contribution in [2.75, 3.05) is 5.75 Å². The topological polar surface area (TPSA) is 26.0 Å². The number of thiol groups is 1. The smallest absolute Gasteiger partial charge is 0.0178 e. The molecule has 0 aliphatic rings. The van der Waals surface area contributed by atoms with Crippen LogP contribution in [0.2, 0.25) is 0 Å². The summed E-state index contributed by atoms with van der Waals surface area (Å²) >= 11 is 4.16. The van der Waals surface area contributed by atoms with Gasteiger partial charge in [-0.05, 0) is 23.3 Å². The predicted molar refractivity (Wildman–Crippen MR) is 51.9 cm³/mol. The van der Waals surface area contributed by atoms with Crippen LogP contribution in [0.4, 0.5) is 0 Å². The Labute approximate surface area is 73.0 Å². The van der Waals surface area contributed by atoms with E-state index in [4.69, 9.17) is 5.73 Å². The second kappa shape index (κ2) is 4.42. The molecule has 0 heterocycles. The van der Waals surface area contributed by atoms with Gasteiger partial charge >= 0.3 is 0 Å². The maximum absolute atomic E-state index is 5.46. The second-order valence-corrected chi connectivity index (χ2v) is 2.94. The minimum Gasteiger partial charge on any atom is -0.326 e. The summed E-state index contributed by atoms with van der Waals surface area (Å²) in [5.74, 6) is 0.905. The third-order valence-corrected chi connectivity index (χ3v) is 1.88. The van der Waals surface area contributed by atoms with Crippen LogP contribution in [0.5, 0.6) is 0 Å². The largest absolute Gasteiger partial charge is 0.326 e. The molecule has 0 aliphatic heterocycles. The molecular formula is C9H13NS. The second-order valence-electron chi connectivity index (χ2n) is 2.49. The SMILES string of the molecule is NCc1ccc(CCS)cc1. The molecule has 1 aromatic rings. The molecule has 1 aromatic carbocycles. The molecule has 2 heteroatoms. The number of benzene rings is 1. The molecule has 0 spiro atoms. The first-order valence-electron chi connectivity index (χ1n) is 3.75. The minimum absolute atomic E-state index is 0.626. The highest BCUT2D eigenvalue weighted by atomic mass is 32.1. The van der Waals surface area contributed by atoms with Gasteiger partial charge in [0.25, 0.3) is 0 Å². The number of hydrogen-bond donors (Lipinski definition) is 2. The van der Waals surface area contributed by atoms with Crippen molar-refractivity contribution in [3.05, 3.63) is 35.4 Å². The van der Waals surface area contributed by atoms with E-state index in [0.717, 1.165) is 12.2 Å². The van der Waals surface area contributed by atoms with Gasteiger partial charge in [0.1, 0.15) is 0 Å². The van der Waals surface area contributed by atoms with Gasteiger partial charge in [0.05, 0.1) is 0 Å². The lowest BCUT2D eigenvalue weighted by Crippen LogP contribution is -1.96. The van der Waals surface area contributed by atoms with E-state index in [-0.39, 0.29) is 0 Å². The van der Waals surface area contributed by atoms with Crippen molar-refractivity contribution in [1.29, 1.82) is 0 Å². The van der Waals surface area contributed by atoms with E-state index in [9.17, 15) is 0 Å². The Balaban J connectivity index is 2.66. The van der Waals surface area contributed by atoms with Gasteiger partial charge in [0.2, 0.25) is 0 Å². The van der Waals surface area contributed by atoms with Crippen molar-refractivity contribution < 1.29 is 0 Å². The van der Waals surface area contributed by atoms with E-state index in [1.165, 1.54) is 11.1 Å². The van der Waals surface area contributed by atoms with Crippen LogP contribution in [-0.2, 0) is 13.0 Å². The van der Waals surface area contributed by atoms with E-state index in [1.54, 1.807) is 0 Å². The molecule has 0 fully saturated rings. The molecule has 0 radical (unpaired) electrons. The lowest BCUT2D eigenvalue weighted by molar-refractivity contribution is 1.06. The summed E-state index contributed by atoms with van der Waals surface area (Å²) in [5, 5.41) is 0. The fourth-order valence-corrected chi connectivity index (χ4v) is 1.23. The minimum atomic E-state index is 0.626. The predicted octanol–water partition coefficient (Wildman–Crippen LogP) is 1.62. The Bertz CT molecular complexity index is 205. The van der Waals surface area contributed by atoms with E-state index < -0.39 is 0 Å². The normalized spacial score (nSPS) is 10.0. The third-order valence-electron chi connectivity index (χ3n) is 1.66. The highest BCUT2D eigenvalue weighted by molar-refractivity contribution is 7.80. The molecule has 0 amide bonds. The highest BCUT2D eigenvalue weighted by Gasteiger charge is 1.90. The molecule has 0 atom stereocenters. The molecule has 0 aromatic heterocycles. The highest BCUT2D eigenvalue weighted by Crippen LogP contribution is 2.04. The molecule has 0 bridgehead atoms. The number of hydrogen-bond acceptors (Lipinski definition) is 2. The molecule has 0 aliphatic carbocycles. The zero-order valence-electron chi connectivity index (χ0n) is 6.46. The first kappa shape index (κ1) is 8.62. The Kier molecular flexibility index (Phi) is 3.46. The first-order valence-corrected chi connectivity index (χ1v) is 4.39. The maximum atomic E-state index is 5.46. The lowest BCUT2D eigenvalue weighted by atomic mass is 10.1. The maximum Gasteiger partial charge on any atom is 0.0178 e. The van der Waals surface area contributed by atoms with Gasteiger partial charge in [-0.2, -0.15) is 12.6 Å². The van der Waals surface area contributed by atoms with Crippen LogP contribution in [0.1, 0.15) is 11.1 Å². The van der Waals surface area contributed by atoms with Crippen LogP contribution < -0.4 is 5.73 Å². The van der Waals surface area contributed by atoms with Crippen LogP contribution >= 0.6 is 12.6 Å². The summed E-state index contributed by atoms with van der Waals surface area (Å²) in [6.45, 7) is 0.626. The molecule has 1 rings (SSSR count). The van der Waals surface area contributed by atoms with Crippen LogP contribution in [-0.4, -0.2) is 5.75 Å². The van der Waals surface area contributed by atoms with E-state index in [1.807, 2.05) is 0 Å². The first-order chi connectivity index (χ1) is 5.36. The molecule has 0 saturated heterocycles. The summed E-state index contributed by atoms with van der Waals surface area (Å²) in [7, 11) is 0. The third kappa shape index (κ3) is 2.56. The van der Waals surface area contributed by atoms with Crippen molar-refractivity contribution in [2.24, 2.45) is 5.73 Å². The summed E-state index contributed by atoms with van der Waals surface area (Å²) in [6, 6.07) is 8.36. The van der Waals surface area contributed by atoms with Crippen molar-refractivity contribution in [3.63, 3.8) is 0 Å².